The monoisotopic (exact) mass is 292 g/mol. The fourth-order valence-electron chi connectivity index (χ4n) is 2.81. The van der Waals surface area contributed by atoms with E-state index in [-0.39, 0.29) is 6.54 Å². The lowest BCUT2D eigenvalue weighted by atomic mass is 9.91. The molecular formula is C13H12N2O6. The molecule has 2 atom stereocenters. The molecule has 1 unspecified atom stereocenters. The van der Waals surface area contributed by atoms with Crippen LogP contribution in [-0.4, -0.2) is 51.3 Å². The molecular weight excluding hydrogens is 280 g/mol. The Balaban J connectivity index is 2.01. The Morgan fingerprint density at radius 1 is 1.24 bits per heavy atom. The molecule has 2 heterocycles. The first-order valence-corrected chi connectivity index (χ1v) is 6.27. The Bertz CT molecular complexity index is 631. The zero-order chi connectivity index (χ0) is 15.1. The minimum Gasteiger partial charge on any atom is -0.479 e. The third-order valence-corrected chi connectivity index (χ3v) is 3.61. The maximum atomic E-state index is 12.3. The number of fused-ring (bicyclic) bond motifs is 4. The Morgan fingerprint density at radius 3 is 2.52 bits per heavy atom. The summed E-state index contributed by atoms with van der Waals surface area (Å²) in [7, 11) is 0. The van der Waals surface area contributed by atoms with Crippen LogP contribution in [0.3, 0.4) is 0 Å². The molecule has 0 spiro atoms. The van der Waals surface area contributed by atoms with Gasteiger partial charge < -0.3 is 15.1 Å². The van der Waals surface area contributed by atoms with Crippen molar-refractivity contribution in [2.45, 2.75) is 12.1 Å². The molecule has 0 aromatic heterocycles. The molecule has 1 fully saturated rings. The molecule has 0 aliphatic carbocycles. The van der Waals surface area contributed by atoms with Crippen molar-refractivity contribution in [2.24, 2.45) is 0 Å². The van der Waals surface area contributed by atoms with Crippen LogP contribution in [-0.2, 0) is 14.4 Å². The first kappa shape index (κ1) is 13.4. The van der Waals surface area contributed by atoms with Gasteiger partial charge >= 0.3 is 18.0 Å². The number of benzene rings is 1. The summed E-state index contributed by atoms with van der Waals surface area (Å²) in [6.07, 6.45) is 0. The molecule has 21 heavy (non-hydrogen) atoms. The number of carbonyl (C=O) groups is 3. The Hall–Kier alpha value is -2.61. The number of rotatable bonds is 4. The number of hydroxylamine groups is 2. The fraction of sp³-hybridized carbons (Fsp3) is 0.308. The molecule has 2 aliphatic rings. The molecule has 0 radical (unpaired) electrons. The molecule has 110 valence electrons. The lowest BCUT2D eigenvalue weighted by Gasteiger charge is -2.29. The number of carboxylic acids is 2. The summed E-state index contributed by atoms with van der Waals surface area (Å²) >= 11 is 0. The zero-order valence-corrected chi connectivity index (χ0v) is 10.8. The molecule has 2 bridgehead atoms. The first-order valence-electron chi connectivity index (χ1n) is 6.27. The van der Waals surface area contributed by atoms with E-state index in [1.807, 2.05) is 0 Å². The molecule has 8 nitrogen and oxygen atoms in total. The first-order chi connectivity index (χ1) is 10.0. The van der Waals surface area contributed by atoms with Gasteiger partial charge in [-0.15, -0.1) is 0 Å². The summed E-state index contributed by atoms with van der Waals surface area (Å²) in [5.74, 6) is -2.34. The van der Waals surface area contributed by atoms with Gasteiger partial charge in [0.05, 0.1) is 6.54 Å². The minimum absolute atomic E-state index is 0.159. The quantitative estimate of drug-likeness (QED) is 0.842. The van der Waals surface area contributed by atoms with Gasteiger partial charge in [-0.25, -0.2) is 14.4 Å². The number of amides is 2. The van der Waals surface area contributed by atoms with Crippen LogP contribution in [0, 0.1) is 0 Å². The minimum atomic E-state index is -1.21. The SMILES string of the molecule is O=C(O)CON1C(=O)N2C[C@H]1c1ccccc1C2C(=O)O. The standard InChI is InChI=1S/C13H12N2O6/c16-10(17)6-21-15-9-5-14(13(15)20)11(12(18)19)8-4-2-1-3-7(8)9/h1-4,9,11H,5-6H2,(H,16,17)(H,18,19)/t9-,11?/m0/s1. The molecule has 1 aromatic carbocycles. The van der Waals surface area contributed by atoms with Gasteiger partial charge in [0.1, 0.15) is 6.04 Å². The van der Waals surface area contributed by atoms with Gasteiger partial charge in [0, 0.05) is 0 Å². The van der Waals surface area contributed by atoms with E-state index in [4.69, 9.17) is 9.94 Å². The lowest BCUT2D eigenvalue weighted by Crippen LogP contribution is -2.38. The van der Waals surface area contributed by atoms with Crippen molar-refractivity contribution in [3.63, 3.8) is 0 Å². The predicted molar refractivity (Wildman–Crippen MR) is 67.1 cm³/mol. The molecule has 0 saturated carbocycles. The van der Waals surface area contributed by atoms with Crippen LogP contribution in [0.5, 0.6) is 0 Å². The van der Waals surface area contributed by atoms with E-state index in [9.17, 15) is 19.5 Å². The van der Waals surface area contributed by atoms with Crippen LogP contribution in [0.1, 0.15) is 23.2 Å². The Labute approximate surface area is 119 Å². The second-order valence-electron chi connectivity index (χ2n) is 4.81. The molecule has 2 amide bonds. The van der Waals surface area contributed by atoms with Crippen molar-refractivity contribution >= 4 is 18.0 Å². The van der Waals surface area contributed by atoms with Gasteiger partial charge in [0.2, 0.25) is 0 Å². The highest BCUT2D eigenvalue weighted by molar-refractivity contribution is 5.87. The van der Waals surface area contributed by atoms with Crippen LogP contribution >= 0.6 is 0 Å². The highest BCUT2D eigenvalue weighted by Gasteiger charge is 2.50. The zero-order valence-electron chi connectivity index (χ0n) is 10.8. The average Bonchev–Trinajstić information content (AvgIpc) is 2.71. The molecule has 3 rings (SSSR count). The highest BCUT2D eigenvalue weighted by Crippen LogP contribution is 2.43. The van der Waals surface area contributed by atoms with Crippen LogP contribution in [0.4, 0.5) is 4.79 Å². The van der Waals surface area contributed by atoms with Gasteiger partial charge in [-0.2, -0.15) is 5.06 Å². The van der Waals surface area contributed by atoms with Gasteiger partial charge in [-0.1, -0.05) is 24.3 Å². The third-order valence-electron chi connectivity index (χ3n) is 3.61. The van der Waals surface area contributed by atoms with Crippen LogP contribution in [0.2, 0.25) is 0 Å². The van der Waals surface area contributed by atoms with E-state index >= 15 is 0 Å². The highest BCUT2D eigenvalue weighted by atomic mass is 16.7. The topological polar surface area (TPSA) is 107 Å². The largest absolute Gasteiger partial charge is 0.479 e. The maximum Gasteiger partial charge on any atom is 0.345 e. The van der Waals surface area contributed by atoms with Crippen molar-refractivity contribution in [1.29, 1.82) is 0 Å². The smallest absolute Gasteiger partial charge is 0.345 e. The summed E-state index contributed by atoms with van der Waals surface area (Å²) in [5, 5.41) is 19.0. The Kier molecular flexibility index (Phi) is 3.02. The van der Waals surface area contributed by atoms with Gasteiger partial charge in [0.25, 0.3) is 0 Å². The summed E-state index contributed by atoms with van der Waals surface area (Å²) in [5.41, 5.74) is 1.19. The molecule has 1 saturated heterocycles. The average molecular weight is 292 g/mol. The number of hydrogen-bond acceptors (Lipinski definition) is 4. The van der Waals surface area contributed by atoms with E-state index in [0.717, 1.165) is 5.06 Å². The normalized spacial score (nSPS) is 23.1. The number of aliphatic carboxylic acids is 2. The maximum absolute atomic E-state index is 12.3. The predicted octanol–water partition coefficient (Wildman–Crippen LogP) is 0.621. The van der Waals surface area contributed by atoms with Crippen LogP contribution < -0.4 is 0 Å². The second kappa shape index (κ2) is 4.74. The summed E-state index contributed by atoms with van der Waals surface area (Å²) < 4.78 is 0. The van der Waals surface area contributed by atoms with E-state index in [1.54, 1.807) is 24.3 Å². The number of urea groups is 1. The van der Waals surface area contributed by atoms with Crippen LogP contribution in [0.15, 0.2) is 24.3 Å². The van der Waals surface area contributed by atoms with Crippen molar-refractivity contribution < 1.29 is 29.4 Å². The van der Waals surface area contributed by atoms with Crippen molar-refractivity contribution in [1.82, 2.24) is 9.96 Å². The number of hydrogen-bond donors (Lipinski definition) is 2. The van der Waals surface area contributed by atoms with Crippen molar-refractivity contribution in [3.05, 3.63) is 35.4 Å². The molecule has 1 aromatic rings. The summed E-state index contributed by atoms with van der Waals surface area (Å²) in [4.78, 5) is 40.5. The van der Waals surface area contributed by atoms with Crippen molar-refractivity contribution in [2.75, 3.05) is 13.2 Å². The lowest BCUT2D eigenvalue weighted by molar-refractivity contribution is -0.167. The van der Waals surface area contributed by atoms with E-state index < -0.39 is 36.7 Å². The number of carbonyl (C=O) groups excluding carboxylic acids is 1. The van der Waals surface area contributed by atoms with Gasteiger partial charge in [0.15, 0.2) is 12.6 Å². The van der Waals surface area contributed by atoms with Crippen molar-refractivity contribution in [3.8, 4) is 0 Å². The molecule has 8 heteroatoms. The van der Waals surface area contributed by atoms with Gasteiger partial charge in [-0.3, -0.25) is 4.84 Å². The van der Waals surface area contributed by atoms with Crippen LogP contribution in [0.25, 0.3) is 0 Å². The van der Waals surface area contributed by atoms with E-state index in [2.05, 4.69) is 0 Å². The fourth-order valence-corrected chi connectivity index (χ4v) is 2.81. The second-order valence-corrected chi connectivity index (χ2v) is 4.81. The van der Waals surface area contributed by atoms with E-state index in [1.165, 1.54) is 4.90 Å². The van der Waals surface area contributed by atoms with Gasteiger partial charge in [-0.05, 0) is 11.1 Å². The molecule has 2 N–H and O–H groups in total. The van der Waals surface area contributed by atoms with E-state index in [0.29, 0.717) is 11.1 Å². The number of carboxylic acid groups (broad SMARTS) is 2. The summed E-state index contributed by atoms with van der Waals surface area (Å²) in [6.45, 7) is -0.498. The number of nitrogens with zero attached hydrogens (tertiary/aromatic N) is 2. The Morgan fingerprint density at radius 2 is 1.90 bits per heavy atom. The molecule has 2 aliphatic heterocycles. The third kappa shape index (κ3) is 2.00. The summed E-state index contributed by atoms with van der Waals surface area (Å²) in [6, 6.07) is 4.61.